The highest BCUT2D eigenvalue weighted by Crippen LogP contribution is 2.31. The van der Waals surface area contributed by atoms with Gasteiger partial charge in [-0.25, -0.2) is 18.8 Å². The summed E-state index contributed by atoms with van der Waals surface area (Å²) >= 11 is 0. The van der Waals surface area contributed by atoms with E-state index in [1.807, 2.05) is 0 Å². The van der Waals surface area contributed by atoms with Crippen molar-refractivity contribution in [2.45, 2.75) is 65.0 Å². The predicted octanol–water partition coefficient (Wildman–Crippen LogP) is 4.17. The van der Waals surface area contributed by atoms with Gasteiger partial charge in [0.2, 0.25) is 0 Å². The summed E-state index contributed by atoms with van der Waals surface area (Å²) in [6.07, 6.45) is 3.87. The number of aryl methyl sites for hydroxylation is 1. The number of rotatable bonds is 6. The minimum absolute atomic E-state index is 0.0158. The molecule has 1 aromatic heterocycles. The van der Waals surface area contributed by atoms with Gasteiger partial charge in [0.1, 0.15) is 11.4 Å². The van der Waals surface area contributed by atoms with Crippen LogP contribution in [0, 0.1) is 12.7 Å². The molecule has 0 atom stereocenters. The second-order valence-corrected chi connectivity index (χ2v) is 9.09. The molecule has 1 amide bonds. The van der Waals surface area contributed by atoms with E-state index in [0.717, 1.165) is 25.3 Å². The lowest BCUT2D eigenvalue weighted by Gasteiger charge is -2.34. The maximum Gasteiger partial charge on any atom is 0.377 e. The van der Waals surface area contributed by atoms with Crippen molar-refractivity contribution in [3.8, 4) is 11.4 Å². The van der Waals surface area contributed by atoms with Crippen molar-refractivity contribution in [3.05, 3.63) is 63.8 Å². The van der Waals surface area contributed by atoms with Crippen molar-refractivity contribution in [2.24, 2.45) is 0 Å². The summed E-state index contributed by atoms with van der Waals surface area (Å²) in [5.74, 6) is -1.81. The van der Waals surface area contributed by atoms with Crippen LogP contribution in [0.25, 0.3) is 5.69 Å². The second-order valence-electron chi connectivity index (χ2n) is 9.09. The molecule has 0 saturated heterocycles. The van der Waals surface area contributed by atoms with Crippen LogP contribution in [0.4, 0.5) is 14.9 Å². The number of carbonyl (C=O) groups excluding carboxylic acids is 1. The number of benzene rings is 2. The SMILES string of the molecule is Cc1ccc(C(=O)O)cc1N(C(=O)n1nnn(-c2c(F)cccc2OC(C)C)c1=O)C1CCCCC1. The number of hydrogen-bond acceptors (Lipinski definition) is 6. The fraction of sp³-hybridized carbons (Fsp3) is 0.400. The molecule has 1 N–H and O–H groups in total. The Morgan fingerprint density at radius 2 is 1.86 bits per heavy atom. The van der Waals surface area contributed by atoms with E-state index in [0.29, 0.717) is 33.5 Å². The molecule has 0 bridgehead atoms. The van der Waals surface area contributed by atoms with Crippen molar-refractivity contribution >= 4 is 17.7 Å². The van der Waals surface area contributed by atoms with Crippen LogP contribution in [-0.4, -0.2) is 49.0 Å². The van der Waals surface area contributed by atoms with E-state index in [1.54, 1.807) is 26.8 Å². The van der Waals surface area contributed by atoms with Crippen LogP contribution in [0.2, 0.25) is 0 Å². The fourth-order valence-electron chi connectivity index (χ4n) is 4.46. The molecule has 3 aromatic rings. The van der Waals surface area contributed by atoms with Crippen LogP contribution < -0.4 is 15.3 Å². The molecule has 2 aromatic carbocycles. The number of carbonyl (C=O) groups is 2. The lowest BCUT2D eigenvalue weighted by molar-refractivity contribution is 0.0696. The monoisotopic (exact) mass is 497 g/mol. The molecule has 1 aliphatic carbocycles. The third-order valence-electron chi connectivity index (χ3n) is 6.15. The highest BCUT2D eigenvalue weighted by atomic mass is 19.1. The lowest BCUT2D eigenvalue weighted by Crippen LogP contribution is -2.47. The van der Waals surface area contributed by atoms with E-state index in [9.17, 15) is 23.9 Å². The minimum atomic E-state index is -1.13. The number of carboxylic acids is 1. The Hall–Kier alpha value is -4.02. The quantitative estimate of drug-likeness (QED) is 0.508. The van der Waals surface area contributed by atoms with Gasteiger partial charge in [0.15, 0.2) is 5.82 Å². The molecule has 1 heterocycles. The van der Waals surface area contributed by atoms with Crippen LogP contribution in [0.15, 0.2) is 41.2 Å². The van der Waals surface area contributed by atoms with Gasteiger partial charge in [-0.3, -0.25) is 4.90 Å². The van der Waals surface area contributed by atoms with Gasteiger partial charge >= 0.3 is 17.7 Å². The minimum Gasteiger partial charge on any atom is -0.489 e. The van der Waals surface area contributed by atoms with E-state index in [1.165, 1.54) is 29.2 Å². The molecule has 0 spiro atoms. The number of carboxylic acid groups (broad SMARTS) is 1. The molecule has 4 rings (SSSR count). The van der Waals surface area contributed by atoms with Gasteiger partial charge in [-0.05, 0) is 73.9 Å². The van der Waals surface area contributed by atoms with E-state index < -0.39 is 23.5 Å². The molecule has 1 saturated carbocycles. The molecule has 10 nitrogen and oxygen atoms in total. The lowest BCUT2D eigenvalue weighted by atomic mass is 9.93. The Balaban J connectivity index is 1.82. The molecule has 1 fully saturated rings. The van der Waals surface area contributed by atoms with Crippen LogP contribution >= 0.6 is 0 Å². The van der Waals surface area contributed by atoms with Crippen molar-refractivity contribution in [1.82, 2.24) is 19.8 Å². The molecule has 11 heteroatoms. The highest BCUT2D eigenvalue weighted by Gasteiger charge is 2.32. The average molecular weight is 498 g/mol. The molecule has 0 radical (unpaired) electrons. The zero-order chi connectivity index (χ0) is 26.0. The molecular formula is C25H28FN5O5. The van der Waals surface area contributed by atoms with Crippen molar-refractivity contribution < 1.29 is 23.8 Å². The average Bonchev–Trinajstić information content (AvgIpc) is 3.21. The van der Waals surface area contributed by atoms with Gasteiger partial charge < -0.3 is 9.84 Å². The number of amides is 1. The first-order valence-corrected chi connectivity index (χ1v) is 11.9. The van der Waals surface area contributed by atoms with Gasteiger partial charge in [-0.1, -0.05) is 31.4 Å². The summed E-state index contributed by atoms with van der Waals surface area (Å²) in [5.41, 5.74) is -0.152. The first-order chi connectivity index (χ1) is 17.2. The van der Waals surface area contributed by atoms with Crippen molar-refractivity contribution in [1.29, 1.82) is 0 Å². The van der Waals surface area contributed by atoms with Crippen LogP contribution in [0.5, 0.6) is 5.75 Å². The largest absolute Gasteiger partial charge is 0.489 e. The number of nitrogens with zero attached hydrogens (tertiary/aromatic N) is 5. The summed E-state index contributed by atoms with van der Waals surface area (Å²) in [6, 6.07) is 7.56. The molecule has 1 aliphatic rings. The van der Waals surface area contributed by atoms with Gasteiger partial charge in [-0.2, -0.15) is 4.68 Å². The molecule has 190 valence electrons. The molecule has 36 heavy (non-hydrogen) atoms. The highest BCUT2D eigenvalue weighted by molar-refractivity contribution is 5.96. The summed E-state index contributed by atoms with van der Waals surface area (Å²) in [6.45, 7) is 5.28. The number of para-hydroxylation sites is 1. The first-order valence-electron chi connectivity index (χ1n) is 11.9. The molecule has 0 aliphatic heterocycles. The van der Waals surface area contributed by atoms with Gasteiger partial charge in [0.05, 0.1) is 11.7 Å². The maximum atomic E-state index is 14.8. The zero-order valence-corrected chi connectivity index (χ0v) is 20.3. The van der Waals surface area contributed by atoms with E-state index in [-0.39, 0.29) is 29.1 Å². The van der Waals surface area contributed by atoms with Crippen molar-refractivity contribution in [3.63, 3.8) is 0 Å². The number of aromatic carboxylic acids is 1. The third-order valence-corrected chi connectivity index (χ3v) is 6.15. The summed E-state index contributed by atoms with van der Waals surface area (Å²) < 4.78 is 21.7. The fourth-order valence-corrected chi connectivity index (χ4v) is 4.46. The van der Waals surface area contributed by atoms with Gasteiger partial charge in [0.25, 0.3) is 0 Å². The van der Waals surface area contributed by atoms with Crippen molar-refractivity contribution in [2.75, 3.05) is 4.90 Å². The Morgan fingerprint density at radius 3 is 2.53 bits per heavy atom. The Bertz CT molecular complexity index is 1340. The van der Waals surface area contributed by atoms with Gasteiger partial charge in [-0.15, -0.1) is 4.68 Å². The Morgan fingerprint density at radius 1 is 1.14 bits per heavy atom. The molecular weight excluding hydrogens is 469 g/mol. The van der Waals surface area contributed by atoms with Crippen LogP contribution in [0.3, 0.4) is 0 Å². The number of ether oxygens (including phenoxy) is 1. The topological polar surface area (TPSA) is 120 Å². The van der Waals surface area contributed by atoms with Crippen LogP contribution in [-0.2, 0) is 0 Å². The smallest absolute Gasteiger partial charge is 0.377 e. The van der Waals surface area contributed by atoms with E-state index in [2.05, 4.69) is 10.4 Å². The summed E-state index contributed by atoms with van der Waals surface area (Å²) in [5, 5.41) is 17.1. The number of aromatic nitrogens is 4. The Kier molecular flexibility index (Phi) is 7.18. The number of tetrazole rings is 1. The number of hydrogen-bond donors (Lipinski definition) is 1. The Labute approximate surface area is 206 Å². The van der Waals surface area contributed by atoms with E-state index >= 15 is 0 Å². The standard InChI is InChI=1S/C25H28FN5O5/c1-15(2)36-21-11-7-10-19(26)22(21)30-25(35)31(28-27-30)24(34)29(18-8-5-4-6-9-18)20-14-17(23(32)33)13-12-16(20)3/h7,10-15,18H,4-6,8-9H2,1-3H3,(H,32,33). The number of anilines is 1. The number of halogens is 1. The second kappa shape index (κ2) is 10.3. The summed E-state index contributed by atoms with van der Waals surface area (Å²) in [7, 11) is 0. The summed E-state index contributed by atoms with van der Waals surface area (Å²) in [4.78, 5) is 40.2. The zero-order valence-electron chi connectivity index (χ0n) is 20.3. The predicted molar refractivity (Wildman–Crippen MR) is 130 cm³/mol. The van der Waals surface area contributed by atoms with Crippen LogP contribution in [0.1, 0.15) is 61.9 Å². The van der Waals surface area contributed by atoms with Gasteiger partial charge in [0, 0.05) is 11.7 Å². The van der Waals surface area contributed by atoms with E-state index in [4.69, 9.17) is 4.74 Å². The first kappa shape index (κ1) is 25.1. The maximum absolute atomic E-state index is 14.8. The third kappa shape index (κ3) is 4.86. The normalized spacial score (nSPS) is 14.1. The molecule has 0 unspecified atom stereocenters.